The smallest absolute Gasteiger partial charge is 0.134 e. The lowest BCUT2D eigenvalue weighted by Gasteiger charge is -2.19. The monoisotopic (exact) mass is 327 g/mol. The van der Waals surface area contributed by atoms with Crippen LogP contribution in [0.5, 0.6) is 0 Å². The zero-order chi connectivity index (χ0) is 14.0. The summed E-state index contributed by atoms with van der Waals surface area (Å²) in [5.41, 5.74) is 3.05. The molecule has 1 atom stereocenters. The van der Waals surface area contributed by atoms with E-state index in [1.807, 2.05) is 0 Å². The van der Waals surface area contributed by atoms with Gasteiger partial charge in [0, 0.05) is 16.2 Å². The Morgan fingerprint density at radius 3 is 2.68 bits per heavy atom. The van der Waals surface area contributed by atoms with Crippen molar-refractivity contribution in [3.63, 3.8) is 0 Å². The maximum atomic E-state index is 14.1. The van der Waals surface area contributed by atoms with Gasteiger partial charge in [-0.25, -0.2) is 14.2 Å². The zero-order valence-electron chi connectivity index (χ0n) is 10.1. The van der Waals surface area contributed by atoms with Crippen LogP contribution in [-0.2, 0) is 0 Å². The van der Waals surface area contributed by atoms with Crippen molar-refractivity contribution in [3.8, 4) is 0 Å². The third-order valence-electron chi connectivity index (χ3n) is 2.84. The number of halogens is 3. The summed E-state index contributed by atoms with van der Waals surface area (Å²) in [6.07, 6.45) is 1.54. The lowest BCUT2D eigenvalue weighted by atomic mass is 10.00. The molecule has 0 bridgehead atoms. The third kappa shape index (κ3) is 2.65. The van der Waals surface area contributed by atoms with Gasteiger partial charge in [-0.2, -0.15) is 0 Å². The molecule has 1 aromatic carbocycles. The Morgan fingerprint density at radius 1 is 1.32 bits per heavy atom. The Labute approximate surface area is 117 Å². The summed E-state index contributed by atoms with van der Waals surface area (Å²) in [4.78, 5) is 4.12. The number of nitrogens with zero attached hydrogens (tertiary/aromatic N) is 1. The van der Waals surface area contributed by atoms with Gasteiger partial charge in [0.05, 0.1) is 11.7 Å². The number of aromatic nitrogens is 1. The molecule has 1 unspecified atom stereocenters. The molecule has 3 N–H and O–H groups in total. The maximum absolute atomic E-state index is 14.1. The highest BCUT2D eigenvalue weighted by Crippen LogP contribution is 2.30. The molecule has 100 valence electrons. The Kier molecular flexibility index (Phi) is 4.24. The van der Waals surface area contributed by atoms with Gasteiger partial charge < -0.3 is 0 Å². The second-order valence-electron chi connectivity index (χ2n) is 4.06. The highest BCUT2D eigenvalue weighted by Gasteiger charge is 2.24. The average molecular weight is 328 g/mol. The number of hydrazine groups is 1. The van der Waals surface area contributed by atoms with E-state index in [9.17, 15) is 8.78 Å². The molecule has 0 radical (unpaired) electrons. The van der Waals surface area contributed by atoms with Crippen molar-refractivity contribution in [2.75, 3.05) is 0 Å². The van der Waals surface area contributed by atoms with Crippen LogP contribution in [0.2, 0.25) is 0 Å². The number of hydrogen-bond acceptors (Lipinski definition) is 3. The van der Waals surface area contributed by atoms with Crippen molar-refractivity contribution >= 4 is 15.9 Å². The first-order chi connectivity index (χ1) is 9.06. The first kappa shape index (κ1) is 14.0. The maximum Gasteiger partial charge on any atom is 0.134 e. The van der Waals surface area contributed by atoms with Crippen molar-refractivity contribution in [2.24, 2.45) is 5.84 Å². The Morgan fingerprint density at radius 2 is 2.05 bits per heavy atom. The van der Waals surface area contributed by atoms with Crippen LogP contribution >= 0.6 is 15.9 Å². The van der Waals surface area contributed by atoms with Crippen molar-refractivity contribution in [1.29, 1.82) is 0 Å². The van der Waals surface area contributed by atoms with Crippen LogP contribution in [0.1, 0.15) is 22.9 Å². The van der Waals surface area contributed by atoms with Crippen molar-refractivity contribution in [2.45, 2.75) is 13.0 Å². The molecule has 0 saturated carbocycles. The van der Waals surface area contributed by atoms with Crippen LogP contribution < -0.4 is 11.3 Å². The molecule has 6 heteroatoms. The second-order valence-corrected chi connectivity index (χ2v) is 4.92. The van der Waals surface area contributed by atoms with E-state index in [0.29, 0.717) is 15.7 Å². The number of pyridine rings is 1. The Balaban J connectivity index is 2.61. The van der Waals surface area contributed by atoms with Crippen LogP contribution in [0.15, 0.2) is 34.9 Å². The molecule has 0 fully saturated rings. The molecule has 1 aromatic heterocycles. The predicted octanol–water partition coefficient (Wildman–Crippen LogP) is 2.98. The number of nitrogens with one attached hydrogen (secondary N) is 1. The highest BCUT2D eigenvalue weighted by atomic mass is 79.9. The van der Waals surface area contributed by atoms with E-state index in [0.717, 1.165) is 0 Å². The SMILES string of the molecule is Cc1ccc(F)c(C(NN)c2ncccc2Br)c1F. The molecule has 0 aliphatic heterocycles. The minimum Gasteiger partial charge on any atom is -0.271 e. The molecule has 0 spiro atoms. The van der Waals surface area contributed by atoms with E-state index in [4.69, 9.17) is 5.84 Å². The van der Waals surface area contributed by atoms with Crippen LogP contribution in [0.3, 0.4) is 0 Å². The molecular weight excluding hydrogens is 316 g/mol. The molecule has 1 heterocycles. The van der Waals surface area contributed by atoms with E-state index in [1.54, 1.807) is 19.1 Å². The fourth-order valence-electron chi connectivity index (χ4n) is 1.85. The summed E-state index contributed by atoms with van der Waals surface area (Å²) >= 11 is 3.30. The summed E-state index contributed by atoms with van der Waals surface area (Å²) in [5.74, 6) is 4.16. The van der Waals surface area contributed by atoms with Crippen LogP contribution in [0, 0.1) is 18.6 Å². The number of rotatable bonds is 3. The normalized spacial score (nSPS) is 12.5. The van der Waals surface area contributed by atoms with E-state index in [2.05, 4.69) is 26.3 Å². The largest absolute Gasteiger partial charge is 0.271 e. The molecular formula is C13H12BrF2N3. The standard InChI is InChI=1S/C13H12BrF2N3/c1-7-4-5-9(15)10(11(7)16)13(19-17)12-8(14)3-2-6-18-12/h2-6,13,19H,17H2,1H3. The molecule has 0 aliphatic carbocycles. The van der Waals surface area contributed by atoms with Gasteiger partial charge in [-0.05, 0) is 46.6 Å². The van der Waals surface area contributed by atoms with Crippen LogP contribution in [0.4, 0.5) is 8.78 Å². The first-order valence-corrected chi connectivity index (χ1v) is 6.36. The number of aryl methyl sites for hydroxylation is 1. The van der Waals surface area contributed by atoms with Crippen LogP contribution in [0.25, 0.3) is 0 Å². The Hall–Kier alpha value is -1.37. The minimum atomic E-state index is -0.865. The van der Waals surface area contributed by atoms with E-state index < -0.39 is 17.7 Å². The van der Waals surface area contributed by atoms with Crippen molar-refractivity contribution in [1.82, 2.24) is 10.4 Å². The summed E-state index contributed by atoms with van der Waals surface area (Å²) in [7, 11) is 0. The van der Waals surface area contributed by atoms with Crippen molar-refractivity contribution in [3.05, 3.63) is 63.4 Å². The molecule has 19 heavy (non-hydrogen) atoms. The quantitative estimate of drug-likeness (QED) is 0.673. The predicted molar refractivity (Wildman–Crippen MR) is 72.2 cm³/mol. The second kappa shape index (κ2) is 5.73. The molecule has 3 nitrogen and oxygen atoms in total. The average Bonchev–Trinajstić information content (AvgIpc) is 2.40. The lowest BCUT2D eigenvalue weighted by Crippen LogP contribution is -2.31. The highest BCUT2D eigenvalue weighted by molar-refractivity contribution is 9.10. The molecule has 2 aromatic rings. The molecule has 0 amide bonds. The first-order valence-electron chi connectivity index (χ1n) is 5.57. The molecule has 0 saturated heterocycles. The van der Waals surface area contributed by atoms with Crippen LogP contribution in [-0.4, -0.2) is 4.98 Å². The summed E-state index contributed by atoms with van der Waals surface area (Å²) in [6.45, 7) is 1.57. The van der Waals surface area contributed by atoms with Gasteiger partial charge in [-0.1, -0.05) is 6.07 Å². The van der Waals surface area contributed by atoms with E-state index in [1.165, 1.54) is 18.3 Å². The Bertz CT molecular complexity index is 604. The molecule has 2 rings (SSSR count). The van der Waals surface area contributed by atoms with Gasteiger partial charge in [0.1, 0.15) is 11.6 Å². The minimum absolute atomic E-state index is 0.137. The van der Waals surface area contributed by atoms with Gasteiger partial charge in [0.15, 0.2) is 0 Å². The fourth-order valence-corrected chi connectivity index (χ4v) is 2.34. The zero-order valence-corrected chi connectivity index (χ0v) is 11.7. The van der Waals surface area contributed by atoms with E-state index in [-0.39, 0.29) is 5.56 Å². The van der Waals surface area contributed by atoms with Gasteiger partial charge in [0.25, 0.3) is 0 Å². The summed E-state index contributed by atoms with van der Waals surface area (Å²) < 4.78 is 28.7. The summed E-state index contributed by atoms with van der Waals surface area (Å²) in [6, 6.07) is 5.18. The molecule has 0 aliphatic rings. The van der Waals surface area contributed by atoms with Gasteiger partial charge in [-0.3, -0.25) is 10.8 Å². The number of nitrogens with two attached hydrogens (primary N) is 1. The van der Waals surface area contributed by atoms with E-state index >= 15 is 0 Å². The van der Waals surface area contributed by atoms with Gasteiger partial charge in [-0.15, -0.1) is 0 Å². The number of hydrogen-bond donors (Lipinski definition) is 2. The number of benzene rings is 1. The van der Waals surface area contributed by atoms with Gasteiger partial charge in [0.2, 0.25) is 0 Å². The van der Waals surface area contributed by atoms with Gasteiger partial charge >= 0.3 is 0 Å². The third-order valence-corrected chi connectivity index (χ3v) is 3.51. The topological polar surface area (TPSA) is 50.9 Å². The van der Waals surface area contributed by atoms with Crippen molar-refractivity contribution < 1.29 is 8.78 Å². The lowest BCUT2D eigenvalue weighted by molar-refractivity contribution is 0.501. The summed E-state index contributed by atoms with van der Waals surface area (Å²) in [5, 5.41) is 0. The fraction of sp³-hybridized carbons (Fsp3) is 0.154.